The van der Waals surface area contributed by atoms with Gasteiger partial charge in [-0.2, -0.15) is 0 Å². The first-order valence-corrected chi connectivity index (χ1v) is 50.4. The van der Waals surface area contributed by atoms with Crippen molar-refractivity contribution >= 4 is 33.6 Å². The number of esters is 3. The molecule has 16 nitrogen and oxygen atoms in total. The maximum absolute atomic E-state index is 13.1. The minimum atomic E-state index is -4.95. The van der Waals surface area contributed by atoms with Crippen molar-refractivity contribution in [1.29, 1.82) is 0 Å². The van der Waals surface area contributed by atoms with E-state index in [-0.39, 0.29) is 19.3 Å². The van der Waals surface area contributed by atoms with Crippen LogP contribution in [0.4, 0.5) is 0 Å². The molecule has 0 rings (SSSR count). The van der Waals surface area contributed by atoms with Crippen LogP contribution in [0.2, 0.25) is 0 Å². The van der Waals surface area contributed by atoms with Gasteiger partial charge in [0.05, 0.1) is 26.4 Å². The molecule has 0 aromatic rings. The van der Waals surface area contributed by atoms with Crippen LogP contribution in [0.1, 0.15) is 393 Å². The molecule has 0 aromatic heterocycles. The molecule has 0 bridgehead atoms. The topological polar surface area (TPSA) is 231 Å². The fraction of sp³-hybridized carbons (Fsp3) is 0.693. The summed E-state index contributed by atoms with van der Waals surface area (Å²) in [5, 5.41) is 20.7. The Morgan fingerprint density at radius 2 is 0.445 bits per heavy atom. The van der Waals surface area contributed by atoms with E-state index in [4.69, 9.17) is 32.3 Å². The third-order valence-corrected chi connectivity index (χ3v) is 21.8. The van der Waals surface area contributed by atoms with Crippen molar-refractivity contribution in [2.45, 2.75) is 411 Å². The van der Waals surface area contributed by atoms with Gasteiger partial charge in [-0.25, -0.2) is 9.13 Å². The molecule has 0 aliphatic carbocycles. The first-order valence-electron chi connectivity index (χ1n) is 47.4. The molecule has 119 heavy (non-hydrogen) atoms. The molecule has 0 amide bonds. The molecule has 0 aliphatic rings. The Hall–Kier alpha value is -5.09. The zero-order valence-corrected chi connectivity index (χ0v) is 77.0. The maximum Gasteiger partial charge on any atom is 0.472 e. The van der Waals surface area contributed by atoms with E-state index >= 15 is 0 Å². The summed E-state index contributed by atoms with van der Waals surface area (Å²) in [6.07, 6.45) is 120. The van der Waals surface area contributed by atoms with Gasteiger partial charge in [-0.3, -0.25) is 32.5 Å². The Labute approximate surface area is 726 Å². The lowest BCUT2D eigenvalue weighted by Gasteiger charge is -2.21. The fourth-order valence-electron chi connectivity index (χ4n) is 12.8. The molecule has 0 saturated heterocycles. The highest BCUT2D eigenvalue weighted by atomic mass is 31.2. The second kappa shape index (κ2) is 92.1. The molecule has 0 aliphatic heterocycles. The molecule has 682 valence electrons. The summed E-state index contributed by atoms with van der Waals surface area (Å²) in [5.74, 6) is -1.59. The van der Waals surface area contributed by atoms with Crippen LogP contribution in [0, 0.1) is 0 Å². The van der Waals surface area contributed by atoms with Crippen LogP contribution in [-0.2, 0) is 55.8 Å². The number of hydrogen-bond donors (Lipinski definition) is 4. The summed E-state index contributed by atoms with van der Waals surface area (Å²) >= 11 is 0. The van der Waals surface area contributed by atoms with Gasteiger partial charge in [-0.15, -0.1) is 0 Å². The normalized spacial score (nSPS) is 14.5. The molecule has 0 saturated carbocycles. The highest BCUT2D eigenvalue weighted by Crippen LogP contribution is 2.45. The van der Waals surface area contributed by atoms with E-state index in [1.807, 2.05) is 0 Å². The number of hydrogen-bond acceptors (Lipinski definition) is 14. The third-order valence-electron chi connectivity index (χ3n) is 19.9. The van der Waals surface area contributed by atoms with Gasteiger partial charge in [0.1, 0.15) is 25.4 Å². The molecular formula is C101H172O16P2. The van der Waals surface area contributed by atoms with Gasteiger partial charge >= 0.3 is 33.6 Å². The second-order valence-electron chi connectivity index (χ2n) is 31.4. The van der Waals surface area contributed by atoms with Crippen molar-refractivity contribution in [3.05, 3.63) is 170 Å². The number of aliphatic hydroxyl groups is 2. The number of ether oxygens (including phenoxy) is 3. The van der Waals surface area contributed by atoms with Gasteiger partial charge in [0, 0.05) is 19.3 Å². The first kappa shape index (κ1) is 114. The zero-order valence-electron chi connectivity index (χ0n) is 75.2. The molecular weight excluding hydrogens is 1530 g/mol. The Balaban J connectivity index is 4.54. The summed E-state index contributed by atoms with van der Waals surface area (Å²) < 4.78 is 61.5. The highest BCUT2D eigenvalue weighted by Gasteiger charge is 2.30. The molecule has 5 unspecified atom stereocenters. The van der Waals surface area contributed by atoms with Gasteiger partial charge in [0.2, 0.25) is 0 Å². The molecule has 18 heteroatoms. The van der Waals surface area contributed by atoms with E-state index < -0.39 is 91.5 Å². The van der Waals surface area contributed by atoms with Gasteiger partial charge in [0.25, 0.3) is 0 Å². The van der Waals surface area contributed by atoms with E-state index in [0.717, 1.165) is 173 Å². The number of aliphatic hydroxyl groups excluding tert-OH is 2. The monoisotopic (exact) mass is 1700 g/mol. The minimum absolute atomic E-state index is 0.0841. The number of unbranched alkanes of at least 4 members (excludes halogenated alkanes) is 38. The predicted octanol–water partition coefficient (Wildman–Crippen LogP) is 29.4. The SMILES string of the molecule is CC/C=C\C/C=C\C/C=C\C/C=C\C/C=C\C/C=C\CCCCCCCCCCCCCCC(=O)OCC(COP(=O)(O)OCC(O)COP(=O)(O)OCC(O)COC(=O)CCCCCCCCCCCCCCCCCCC/C=C\C/C=C\C/C=C\C/C=C\CCCCC)OC(=O)CCCCCCCC/C=C\C/C=C\C/C=C\C/C=C\CC. The van der Waals surface area contributed by atoms with Crippen LogP contribution in [-0.4, -0.2) is 95.9 Å². The van der Waals surface area contributed by atoms with E-state index in [2.05, 4.69) is 191 Å². The van der Waals surface area contributed by atoms with Crippen molar-refractivity contribution in [1.82, 2.24) is 0 Å². The van der Waals surface area contributed by atoms with E-state index in [1.54, 1.807) is 0 Å². The van der Waals surface area contributed by atoms with Gasteiger partial charge in [-0.1, -0.05) is 390 Å². The maximum atomic E-state index is 13.1. The summed E-state index contributed by atoms with van der Waals surface area (Å²) in [6, 6.07) is 0. The summed E-state index contributed by atoms with van der Waals surface area (Å²) in [6.45, 7) is 2.45. The molecule has 4 N–H and O–H groups in total. The van der Waals surface area contributed by atoms with Crippen molar-refractivity contribution in [2.24, 2.45) is 0 Å². The van der Waals surface area contributed by atoms with E-state index in [1.165, 1.54) is 161 Å². The number of phosphoric acid groups is 2. The molecule has 0 aromatic carbocycles. The average molecular weight is 1700 g/mol. The van der Waals surface area contributed by atoms with E-state index in [9.17, 15) is 43.5 Å². The summed E-state index contributed by atoms with van der Waals surface area (Å²) in [5.41, 5.74) is 0. The smallest absolute Gasteiger partial charge is 0.463 e. The van der Waals surface area contributed by atoms with Crippen molar-refractivity contribution in [2.75, 3.05) is 39.6 Å². The summed E-state index contributed by atoms with van der Waals surface area (Å²) in [4.78, 5) is 59.0. The number of rotatable bonds is 89. The Kier molecular flexibility index (Phi) is 88.2. The molecule has 0 heterocycles. The number of carbonyl (C=O) groups excluding carboxylic acids is 3. The second-order valence-corrected chi connectivity index (χ2v) is 34.3. The lowest BCUT2D eigenvalue weighted by molar-refractivity contribution is -0.161. The molecule has 0 radical (unpaired) electrons. The van der Waals surface area contributed by atoms with Crippen LogP contribution < -0.4 is 0 Å². The molecule has 0 fully saturated rings. The third kappa shape index (κ3) is 93.5. The van der Waals surface area contributed by atoms with Crippen molar-refractivity contribution in [3.63, 3.8) is 0 Å². The summed E-state index contributed by atoms with van der Waals surface area (Å²) in [7, 11) is -9.82. The number of carbonyl (C=O) groups is 3. The molecule has 0 spiro atoms. The molecule has 5 atom stereocenters. The lowest BCUT2D eigenvalue weighted by Crippen LogP contribution is -2.30. The first-order chi connectivity index (χ1) is 58.2. The Morgan fingerprint density at radius 1 is 0.244 bits per heavy atom. The van der Waals surface area contributed by atoms with Crippen LogP contribution in [0.3, 0.4) is 0 Å². The predicted molar refractivity (Wildman–Crippen MR) is 500 cm³/mol. The number of phosphoric ester groups is 2. The Morgan fingerprint density at radius 3 is 0.706 bits per heavy atom. The zero-order chi connectivity index (χ0) is 86.5. The number of allylic oxidation sites excluding steroid dienone is 28. The van der Waals surface area contributed by atoms with Crippen molar-refractivity contribution in [3.8, 4) is 0 Å². The van der Waals surface area contributed by atoms with Gasteiger partial charge in [-0.05, 0) is 154 Å². The highest BCUT2D eigenvalue weighted by molar-refractivity contribution is 7.47. The fourth-order valence-corrected chi connectivity index (χ4v) is 14.4. The Bertz CT molecular complexity index is 2840. The van der Waals surface area contributed by atoms with Gasteiger partial charge in [0.15, 0.2) is 6.10 Å². The average Bonchev–Trinajstić information content (AvgIpc) is 0.903. The standard InChI is InChI=1S/C101H172O16P2/c1-4-7-10-13-16-19-22-25-28-31-34-36-38-40-42-44-46-47-49-51-52-54-56-58-61-63-66-69-72-75-78-81-84-87-99(104)111-90-96(102)91-113-118(107,108)114-92-97(103)93-115-119(109,110)116-95-98(117-101(106)89-86-83-80-77-74-71-68-65-60-33-30-27-24-21-18-15-12-9-6-3)94-112-100(105)88-85-82-79-76-73-70-67-64-62-59-57-55-53-50-48-45-43-41-39-37-35-32-29-26-23-20-17-14-11-8-5-2/h8-9,11-12,16-21,25-30,34-37,40-43,48,50,60,65,96-98,102-103H,4-7,10,13-15,22-24,31-33,38-39,44-47,49,51-59,61-64,66-95H2,1-3H3,(H,107,108)(H,109,110)/b11-8-,12-9-,19-16-,20-17-,21-18-,28-25-,29-26-,30-27-,36-34-,37-35-,42-40-,43-41-,50-48-,65-60-. The van der Waals surface area contributed by atoms with Crippen molar-refractivity contribution < 1.29 is 75.8 Å². The largest absolute Gasteiger partial charge is 0.472 e. The minimum Gasteiger partial charge on any atom is -0.463 e. The quantitative estimate of drug-likeness (QED) is 0.0146. The van der Waals surface area contributed by atoms with Crippen LogP contribution in [0.15, 0.2) is 170 Å². The van der Waals surface area contributed by atoms with Crippen LogP contribution in [0.5, 0.6) is 0 Å². The van der Waals surface area contributed by atoms with E-state index in [0.29, 0.717) is 19.3 Å². The lowest BCUT2D eigenvalue weighted by atomic mass is 10.0. The van der Waals surface area contributed by atoms with Crippen LogP contribution in [0.25, 0.3) is 0 Å². The van der Waals surface area contributed by atoms with Gasteiger partial charge < -0.3 is 34.2 Å². The van der Waals surface area contributed by atoms with Crippen LogP contribution >= 0.6 is 15.6 Å².